The molecule has 5 heteroatoms. The molecule has 0 fully saturated rings. The number of aromatic nitrogens is 4. The summed E-state index contributed by atoms with van der Waals surface area (Å²) in [6.07, 6.45) is 0. The van der Waals surface area contributed by atoms with Crippen molar-refractivity contribution in [2.24, 2.45) is 0 Å². The zero-order valence-corrected chi connectivity index (χ0v) is 6.98. The van der Waals surface area contributed by atoms with Crippen molar-refractivity contribution in [2.75, 3.05) is 0 Å². The monoisotopic (exact) mass is 170 g/mol. The normalized spacial score (nSPS) is 11.2. The Morgan fingerprint density at radius 1 is 1.36 bits per heavy atom. The van der Waals surface area contributed by atoms with Crippen LogP contribution in [0.4, 0.5) is 0 Å². The third-order valence-corrected chi connectivity index (χ3v) is 2.08. The summed E-state index contributed by atoms with van der Waals surface area (Å²) in [7, 11) is 0. The summed E-state index contributed by atoms with van der Waals surface area (Å²) < 4.78 is 1.76. The number of hydrogen-bond acceptors (Lipinski definition) is 2. The van der Waals surface area contributed by atoms with E-state index in [9.17, 15) is 0 Å². The summed E-state index contributed by atoms with van der Waals surface area (Å²) in [6, 6.07) is 0. The third-order valence-electron chi connectivity index (χ3n) is 1.63. The fourth-order valence-corrected chi connectivity index (χ4v) is 1.19. The van der Waals surface area contributed by atoms with Gasteiger partial charge in [0.05, 0.1) is 5.69 Å². The Morgan fingerprint density at radius 3 is 2.73 bits per heavy atom. The van der Waals surface area contributed by atoms with Gasteiger partial charge in [-0.1, -0.05) is 11.6 Å². The molecule has 0 atom stereocenters. The molecule has 0 bridgehead atoms. The van der Waals surface area contributed by atoms with Gasteiger partial charge in [0.2, 0.25) is 0 Å². The molecule has 2 aromatic heterocycles. The van der Waals surface area contributed by atoms with Crippen molar-refractivity contribution in [1.82, 2.24) is 19.8 Å². The molecule has 0 aromatic carbocycles. The van der Waals surface area contributed by atoms with Crippen LogP contribution in [0.15, 0.2) is 0 Å². The average molecular weight is 171 g/mol. The fraction of sp³-hybridized carbons (Fsp3) is 0.333. The molecular weight excluding hydrogens is 164 g/mol. The van der Waals surface area contributed by atoms with Gasteiger partial charge in [-0.25, -0.2) is 4.52 Å². The van der Waals surface area contributed by atoms with E-state index in [1.807, 2.05) is 13.8 Å². The lowest BCUT2D eigenvalue weighted by Crippen LogP contribution is -1.87. The maximum absolute atomic E-state index is 5.90. The highest BCUT2D eigenvalue weighted by atomic mass is 35.5. The standard InChI is InChI=1S/C6H7ClN4/c1-3-5(7)6-9-8-4(2)11(6)10-3/h10H,1-2H3. The molecule has 1 N–H and O–H groups in total. The Hall–Kier alpha value is -1.03. The zero-order valence-electron chi connectivity index (χ0n) is 6.22. The van der Waals surface area contributed by atoms with Crippen LogP contribution in [0.2, 0.25) is 5.02 Å². The molecule has 0 aliphatic rings. The molecule has 0 unspecified atom stereocenters. The smallest absolute Gasteiger partial charge is 0.196 e. The van der Waals surface area contributed by atoms with Crippen LogP contribution in [-0.2, 0) is 0 Å². The van der Waals surface area contributed by atoms with Gasteiger partial charge in [0.1, 0.15) is 10.8 Å². The van der Waals surface area contributed by atoms with Crippen LogP contribution in [0.25, 0.3) is 5.65 Å². The van der Waals surface area contributed by atoms with Gasteiger partial charge in [-0.15, -0.1) is 10.2 Å². The molecular formula is C6H7ClN4. The lowest BCUT2D eigenvalue weighted by Gasteiger charge is -1.84. The van der Waals surface area contributed by atoms with Gasteiger partial charge in [-0.3, -0.25) is 5.10 Å². The van der Waals surface area contributed by atoms with E-state index in [1.54, 1.807) is 4.52 Å². The first kappa shape index (κ1) is 6.67. The molecule has 4 nitrogen and oxygen atoms in total. The summed E-state index contributed by atoms with van der Waals surface area (Å²) in [5.74, 6) is 0.815. The highest BCUT2D eigenvalue weighted by Gasteiger charge is 2.09. The summed E-state index contributed by atoms with van der Waals surface area (Å²) in [5.41, 5.74) is 1.61. The zero-order chi connectivity index (χ0) is 8.01. The highest BCUT2D eigenvalue weighted by molar-refractivity contribution is 6.34. The van der Waals surface area contributed by atoms with Gasteiger partial charge in [-0.2, -0.15) is 0 Å². The number of halogens is 1. The van der Waals surface area contributed by atoms with Crippen LogP contribution in [0.3, 0.4) is 0 Å². The molecule has 2 heterocycles. The van der Waals surface area contributed by atoms with Crippen LogP contribution < -0.4 is 0 Å². The molecule has 0 spiro atoms. The highest BCUT2D eigenvalue weighted by Crippen LogP contribution is 2.19. The van der Waals surface area contributed by atoms with Crippen molar-refractivity contribution in [2.45, 2.75) is 13.8 Å². The predicted molar refractivity (Wildman–Crippen MR) is 41.8 cm³/mol. The minimum atomic E-state index is 0.644. The van der Waals surface area contributed by atoms with Crippen molar-refractivity contribution in [3.05, 3.63) is 16.5 Å². The molecule has 11 heavy (non-hydrogen) atoms. The second-order valence-electron chi connectivity index (χ2n) is 2.46. The van der Waals surface area contributed by atoms with Gasteiger partial charge in [0.15, 0.2) is 5.65 Å². The molecule has 0 radical (unpaired) electrons. The molecule has 0 amide bonds. The van der Waals surface area contributed by atoms with E-state index in [0.29, 0.717) is 10.7 Å². The van der Waals surface area contributed by atoms with Gasteiger partial charge >= 0.3 is 0 Å². The predicted octanol–water partition coefficient (Wildman–Crippen LogP) is 1.33. The summed E-state index contributed by atoms with van der Waals surface area (Å²) in [6.45, 7) is 3.77. The first-order valence-electron chi connectivity index (χ1n) is 3.26. The molecule has 2 rings (SSSR count). The van der Waals surface area contributed by atoms with Crippen molar-refractivity contribution in [3.63, 3.8) is 0 Å². The number of rotatable bonds is 0. The summed E-state index contributed by atoms with van der Waals surface area (Å²) in [5, 5.41) is 11.4. The number of nitrogens with one attached hydrogen (secondary N) is 1. The van der Waals surface area contributed by atoms with E-state index in [2.05, 4.69) is 15.3 Å². The fourth-order valence-electron chi connectivity index (χ4n) is 1.02. The first-order chi connectivity index (χ1) is 5.20. The van der Waals surface area contributed by atoms with Gasteiger partial charge in [0.25, 0.3) is 0 Å². The number of fused-ring (bicyclic) bond motifs is 1. The Morgan fingerprint density at radius 2 is 2.09 bits per heavy atom. The van der Waals surface area contributed by atoms with E-state index < -0.39 is 0 Å². The Bertz CT molecular complexity index is 400. The van der Waals surface area contributed by atoms with Gasteiger partial charge < -0.3 is 0 Å². The summed E-state index contributed by atoms with van der Waals surface area (Å²) >= 11 is 5.90. The van der Waals surface area contributed by atoms with Crippen LogP contribution in [0.5, 0.6) is 0 Å². The number of aromatic amines is 1. The van der Waals surface area contributed by atoms with Crippen LogP contribution in [-0.4, -0.2) is 19.8 Å². The van der Waals surface area contributed by atoms with Gasteiger partial charge in [-0.05, 0) is 13.8 Å². The van der Waals surface area contributed by atoms with Crippen molar-refractivity contribution >= 4 is 17.2 Å². The quantitative estimate of drug-likeness (QED) is 0.649. The number of hydrogen-bond donors (Lipinski definition) is 1. The Balaban J connectivity index is 2.93. The number of H-pyrrole nitrogens is 1. The minimum Gasteiger partial charge on any atom is -0.294 e. The van der Waals surface area contributed by atoms with E-state index in [1.165, 1.54) is 0 Å². The van der Waals surface area contributed by atoms with E-state index >= 15 is 0 Å². The SMILES string of the molecule is Cc1[nH]n2c(C)nnc2c1Cl. The van der Waals surface area contributed by atoms with Crippen molar-refractivity contribution < 1.29 is 0 Å². The second-order valence-corrected chi connectivity index (χ2v) is 2.83. The minimum absolute atomic E-state index is 0.644. The van der Waals surface area contributed by atoms with Gasteiger partial charge in [0, 0.05) is 0 Å². The second kappa shape index (κ2) is 1.98. The van der Waals surface area contributed by atoms with Crippen molar-refractivity contribution in [1.29, 1.82) is 0 Å². The third kappa shape index (κ3) is 0.758. The molecule has 0 saturated heterocycles. The lowest BCUT2D eigenvalue weighted by molar-refractivity contribution is 0.876. The maximum Gasteiger partial charge on any atom is 0.196 e. The largest absolute Gasteiger partial charge is 0.294 e. The number of aryl methyl sites for hydroxylation is 2. The number of nitrogens with zero attached hydrogens (tertiary/aromatic N) is 3. The maximum atomic E-state index is 5.90. The van der Waals surface area contributed by atoms with Crippen LogP contribution >= 0.6 is 11.6 Å². The van der Waals surface area contributed by atoms with Crippen molar-refractivity contribution in [3.8, 4) is 0 Å². The molecule has 58 valence electrons. The first-order valence-corrected chi connectivity index (χ1v) is 3.63. The lowest BCUT2D eigenvalue weighted by atomic mass is 10.5. The Labute approximate surface area is 68.2 Å². The Kier molecular flexibility index (Phi) is 1.20. The topological polar surface area (TPSA) is 46.0 Å². The van der Waals surface area contributed by atoms with E-state index in [0.717, 1.165) is 11.5 Å². The summed E-state index contributed by atoms with van der Waals surface area (Å²) in [4.78, 5) is 0. The molecule has 0 aliphatic heterocycles. The molecule has 0 saturated carbocycles. The molecule has 0 aliphatic carbocycles. The van der Waals surface area contributed by atoms with E-state index in [-0.39, 0.29) is 0 Å². The average Bonchev–Trinajstić information content (AvgIpc) is 2.43. The van der Waals surface area contributed by atoms with E-state index in [4.69, 9.17) is 11.6 Å². The molecule has 2 aromatic rings. The van der Waals surface area contributed by atoms with Crippen LogP contribution in [0.1, 0.15) is 11.5 Å². The van der Waals surface area contributed by atoms with Crippen LogP contribution in [0, 0.1) is 13.8 Å².